The zero-order valence-electron chi connectivity index (χ0n) is 26.0. The van der Waals surface area contributed by atoms with Gasteiger partial charge in [-0.3, -0.25) is 19.4 Å². The summed E-state index contributed by atoms with van der Waals surface area (Å²) in [7, 11) is 1.68. The number of benzene rings is 3. The summed E-state index contributed by atoms with van der Waals surface area (Å²) in [6.45, 7) is 8.36. The highest BCUT2D eigenvalue weighted by Gasteiger charge is 2.30. The smallest absolute Gasteiger partial charge is 0.293 e. The summed E-state index contributed by atoms with van der Waals surface area (Å²) >= 11 is 0. The van der Waals surface area contributed by atoms with Crippen molar-refractivity contribution in [2.45, 2.75) is 39.8 Å². The van der Waals surface area contributed by atoms with E-state index < -0.39 is 5.54 Å². The highest BCUT2D eigenvalue weighted by atomic mass is 16.2. The van der Waals surface area contributed by atoms with Crippen LogP contribution >= 0.6 is 0 Å². The Balaban J connectivity index is 1.41. The molecule has 9 heteroatoms. The van der Waals surface area contributed by atoms with Crippen molar-refractivity contribution in [3.05, 3.63) is 136 Å². The van der Waals surface area contributed by atoms with Gasteiger partial charge in [0.2, 0.25) is 0 Å². The summed E-state index contributed by atoms with van der Waals surface area (Å²) in [5, 5.41) is 6.01. The van der Waals surface area contributed by atoms with Gasteiger partial charge < -0.3 is 20.1 Å². The molecular formula is C36H36N6O3. The second kappa shape index (κ2) is 13.0. The van der Waals surface area contributed by atoms with E-state index in [2.05, 4.69) is 15.6 Å². The van der Waals surface area contributed by atoms with Gasteiger partial charge in [0.05, 0.1) is 5.69 Å². The van der Waals surface area contributed by atoms with Gasteiger partial charge in [-0.15, -0.1) is 0 Å². The van der Waals surface area contributed by atoms with Gasteiger partial charge in [-0.05, 0) is 93.4 Å². The number of hydrogen-bond donors (Lipinski definition) is 2. The van der Waals surface area contributed by atoms with Gasteiger partial charge in [0, 0.05) is 65.8 Å². The van der Waals surface area contributed by atoms with E-state index in [9.17, 15) is 14.4 Å². The summed E-state index contributed by atoms with van der Waals surface area (Å²) < 4.78 is 1.48. The second-order valence-corrected chi connectivity index (χ2v) is 11.8. The highest BCUT2D eigenvalue weighted by molar-refractivity contribution is 6.07. The van der Waals surface area contributed by atoms with Gasteiger partial charge in [0.15, 0.2) is 5.82 Å². The second-order valence-electron chi connectivity index (χ2n) is 11.8. The van der Waals surface area contributed by atoms with Crippen LogP contribution in [-0.4, -0.2) is 31.9 Å². The Labute approximate surface area is 262 Å². The number of anilines is 3. The average Bonchev–Trinajstić information content (AvgIpc) is 3.03. The molecule has 0 radical (unpaired) electrons. The maximum atomic E-state index is 13.7. The molecule has 3 aromatic carbocycles. The fourth-order valence-corrected chi connectivity index (χ4v) is 5.07. The standard InChI is InChI=1S/C36H36N6O3/c1-24-29(12-9-13-31(24)42(36(2,3)4)34(44)27-10-7-6-8-11-27)30-23-41(5)35(45)32(40-30)39-28-16-14-26(15-17-28)33(43)38-22-25-18-20-37-21-19-25/h6-21,23H,22H2,1-5H3,(H,38,43)(H,39,40). The number of amides is 2. The molecule has 0 aliphatic carbocycles. The van der Waals surface area contributed by atoms with Crippen molar-refractivity contribution in [2.24, 2.45) is 7.05 Å². The third-order valence-electron chi connectivity index (χ3n) is 7.40. The van der Waals surface area contributed by atoms with Crippen LogP contribution in [0.25, 0.3) is 11.3 Å². The lowest BCUT2D eigenvalue weighted by Gasteiger charge is -2.37. The molecule has 0 spiro atoms. The fraction of sp³-hybridized carbons (Fsp3) is 0.194. The highest BCUT2D eigenvalue weighted by Crippen LogP contribution is 2.34. The van der Waals surface area contributed by atoms with E-state index in [1.54, 1.807) is 54.8 Å². The summed E-state index contributed by atoms with van der Waals surface area (Å²) in [6, 6.07) is 25.5. The molecule has 45 heavy (non-hydrogen) atoms. The molecule has 2 heterocycles. The van der Waals surface area contributed by atoms with E-state index in [1.165, 1.54) is 4.57 Å². The third kappa shape index (κ3) is 6.99. The lowest BCUT2D eigenvalue weighted by atomic mass is 9.97. The van der Waals surface area contributed by atoms with Crippen LogP contribution in [0.15, 0.2) is 108 Å². The Morgan fingerprint density at radius 1 is 0.867 bits per heavy atom. The fourth-order valence-electron chi connectivity index (χ4n) is 5.07. The number of carbonyl (C=O) groups excluding carboxylic acids is 2. The molecule has 2 N–H and O–H groups in total. The molecule has 0 aliphatic rings. The predicted octanol–water partition coefficient (Wildman–Crippen LogP) is 6.27. The SMILES string of the molecule is Cc1c(-c2cn(C)c(=O)c(Nc3ccc(C(=O)NCc4ccncc4)cc3)n2)cccc1N(C(=O)c1ccccc1)C(C)(C)C. The normalized spacial score (nSPS) is 11.1. The molecule has 0 saturated heterocycles. The first-order chi connectivity index (χ1) is 21.5. The molecule has 2 amide bonds. The van der Waals surface area contributed by atoms with E-state index in [0.29, 0.717) is 29.1 Å². The zero-order valence-corrected chi connectivity index (χ0v) is 26.0. The quantitative estimate of drug-likeness (QED) is 0.217. The number of nitrogens with zero attached hydrogens (tertiary/aromatic N) is 4. The maximum Gasteiger partial charge on any atom is 0.293 e. The number of nitrogens with one attached hydrogen (secondary N) is 2. The van der Waals surface area contributed by atoms with Crippen molar-refractivity contribution in [3.63, 3.8) is 0 Å². The Kier molecular flexibility index (Phi) is 8.90. The zero-order chi connectivity index (χ0) is 32.1. The lowest BCUT2D eigenvalue weighted by Crippen LogP contribution is -2.46. The molecule has 5 aromatic rings. The molecule has 0 aliphatic heterocycles. The first kappa shape index (κ1) is 30.9. The third-order valence-corrected chi connectivity index (χ3v) is 7.40. The summed E-state index contributed by atoms with van der Waals surface area (Å²) in [6.07, 6.45) is 5.05. The van der Waals surface area contributed by atoms with Gasteiger partial charge >= 0.3 is 0 Å². The Morgan fingerprint density at radius 3 is 2.22 bits per heavy atom. The molecule has 5 rings (SSSR count). The van der Waals surface area contributed by atoms with Crippen molar-refractivity contribution in [1.29, 1.82) is 0 Å². The van der Waals surface area contributed by atoms with Crippen molar-refractivity contribution < 1.29 is 9.59 Å². The first-order valence-corrected chi connectivity index (χ1v) is 14.6. The van der Waals surface area contributed by atoms with Crippen molar-refractivity contribution >= 4 is 29.0 Å². The maximum absolute atomic E-state index is 13.7. The largest absolute Gasteiger partial charge is 0.348 e. The van der Waals surface area contributed by atoms with Gasteiger partial charge in [-0.25, -0.2) is 4.98 Å². The van der Waals surface area contributed by atoms with Crippen LogP contribution in [0.3, 0.4) is 0 Å². The van der Waals surface area contributed by atoms with Gasteiger partial charge in [0.1, 0.15) is 0 Å². The minimum atomic E-state index is -0.512. The van der Waals surface area contributed by atoms with Crippen molar-refractivity contribution in [3.8, 4) is 11.3 Å². The van der Waals surface area contributed by atoms with E-state index in [-0.39, 0.29) is 23.2 Å². The van der Waals surface area contributed by atoms with Gasteiger partial charge in [-0.2, -0.15) is 0 Å². The molecule has 0 bridgehead atoms. The van der Waals surface area contributed by atoms with Gasteiger partial charge in [0.25, 0.3) is 17.4 Å². The molecule has 0 fully saturated rings. The first-order valence-electron chi connectivity index (χ1n) is 14.6. The molecular weight excluding hydrogens is 564 g/mol. The van der Waals surface area contributed by atoms with Crippen LogP contribution in [-0.2, 0) is 13.6 Å². The van der Waals surface area contributed by atoms with Crippen molar-refractivity contribution in [1.82, 2.24) is 19.9 Å². The molecule has 0 atom stereocenters. The predicted molar refractivity (Wildman–Crippen MR) is 178 cm³/mol. The molecule has 2 aromatic heterocycles. The number of hydrogen-bond acceptors (Lipinski definition) is 6. The minimum absolute atomic E-state index is 0.103. The van der Waals surface area contributed by atoms with E-state index >= 15 is 0 Å². The van der Waals surface area contributed by atoms with E-state index in [1.807, 2.05) is 88.4 Å². The number of aromatic nitrogens is 3. The monoisotopic (exact) mass is 600 g/mol. The van der Waals surface area contributed by atoms with Gasteiger partial charge in [-0.1, -0.05) is 30.3 Å². The van der Waals surface area contributed by atoms with Crippen LogP contribution in [0, 0.1) is 6.92 Å². The molecule has 0 unspecified atom stereocenters. The van der Waals surface area contributed by atoms with Crippen molar-refractivity contribution in [2.75, 3.05) is 10.2 Å². The topological polar surface area (TPSA) is 109 Å². The molecule has 0 saturated carbocycles. The van der Waals surface area contributed by atoms with Crippen LogP contribution in [0.2, 0.25) is 0 Å². The molecule has 9 nitrogen and oxygen atoms in total. The number of pyridine rings is 1. The Hall–Kier alpha value is -5.57. The Morgan fingerprint density at radius 2 is 1.56 bits per heavy atom. The average molecular weight is 601 g/mol. The van der Waals surface area contributed by atoms with Crippen LogP contribution in [0.5, 0.6) is 0 Å². The summed E-state index contributed by atoms with van der Waals surface area (Å²) in [5.74, 6) is -0.170. The number of rotatable bonds is 8. The van der Waals surface area contributed by atoms with E-state index in [4.69, 9.17) is 4.98 Å². The number of carbonyl (C=O) groups is 2. The van der Waals surface area contributed by atoms with E-state index in [0.717, 1.165) is 22.4 Å². The minimum Gasteiger partial charge on any atom is -0.348 e. The number of aryl methyl sites for hydroxylation is 1. The summed E-state index contributed by atoms with van der Waals surface area (Å²) in [5.41, 5.74) is 4.83. The Bertz CT molecular complexity index is 1880. The lowest BCUT2D eigenvalue weighted by molar-refractivity contribution is 0.0947. The summed E-state index contributed by atoms with van der Waals surface area (Å²) in [4.78, 5) is 50.0. The van der Waals surface area contributed by atoms with Crippen LogP contribution < -0.4 is 21.1 Å². The van der Waals surface area contributed by atoms with Crippen LogP contribution in [0.1, 0.15) is 52.6 Å². The van der Waals surface area contributed by atoms with Crippen LogP contribution in [0.4, 0.5) is 17.2 Å². The molecule has 228 valence electrons.